The quantitative estimate of drug-likeness (QED) is 0.867. The summed E-state index contributed by atoms with van der Waals surface area (Å²) < 4.78 is 1.75. The Morgan fingerprint density at radius 2 is 2.28 bits per heavy atom. The highest BCUT2D eigenvalue weighted by Crippen LogP contribution is 2.12. The lowest BCUT2D eigenvalue weighted by atomic mass is 10.00. The van der Waals surface area contributed by atoms with E-state index < -0.39 is 0 Å². The monoisotopic (exact) mass is 243 g/mol. The minimum Gasteiger partial charge on any atom is -0.316 e. The van der Waals surface area contributed by atoms with E-state index in [1.54, 1.807) is 10.9 Å². The van der Waals surface area contributed by atoms with E-state index in [0.717, 1.165) is 25.2 Å². The van der Waals surface area contributed by atoms with Gasteiger partial charge < -0.3 is 5.32 Å². The van der Waals surface area contributed by atoms with Gasteiger partial charge in [-0.1, -0.05) is 12.1 Å². The van der Waals surface area contributed by atoms with Crippen LogP contribution in [0.3, 0.4) is 0 Å². The standard InChI is InChI=1S/C14H17N3O/c18-14-12-5-1-2-6-13(12)16-10-17(14)9-11-4-3-7-15-8-11/h1-2,5-6,10-11,15H,3-4,7-9H2. The largest absolute Gasteiger partial charge is 0.316 e. The van der Waals surface area contributed by atoms with E-state index in [9.17, 15) is 4.79 Å². The summed E-state index contributed by atoms with van der Waals surface area (Å²) in [6.07, 6.45) is 4.06. The van der Waals surface area contributed by atoms with Gasteiger partial charge in [-0.05, 0) is 44.0 Å². The van der Waals surface area contributed by atoms with Gasteiger partial charge in [0.05, 0.1) is 17.2 Å². The molecule has 0 saturated carbocycles. The molecule has 4 heteroatoms. The van der Waals surface area contributed by atoms with Crippen molar-refractivity contribution >= 4 is 10.9 Å². The van der Waals surface area contributed by atoms with E-state index >= 15 is 0 Å². The zero-order valence-electron chi connectivity index (χ0n) is 10.3. The Labute approximate surface area is 106 Å². The third-order valence-electron chi connectivity index (χ3n) is 3.59. The molecule has 0 bridgehead atoms. The maximum Gasteiger partial charge on any atom is 0.261 e. The third kappa shape index (κ3) is 2.16. The number of para-hydroxylation sites is 1. The van der Waals surface area contributed by atoms with Crippen molar-refractivity contribution in [3.8, 4) is 0 Å². The summed E-state index contributed by atoms with van der Waals surface area (Å²) in [6, 6.07) is 7.52. The van der Waals surface area contributed by atoms with Crippen molar-refractivity contribution in [2.45, 2.75) is 19.4 Å². The highest BCUT2D eigenvalue weighted by Gasteiger charge is 2.14. The molecule has 2 aromatic rings. The van der Waals surface area contributed by atoms with Gasteiger partial charge in [-0.2, -0.15) is 0 Å². The molecule has 18 heavy (non-hydrogen) atoms. The molecule has 2 heterocycles. The van der Waals surface area contributed by atoms with Crippen LogP contribution in [-0.4, -0.2) is 22.6 Å². The second-order valence-corrected chi connectivity index (χ2v) is 4.93. The van der Waals surface area contributed by atoms with Crippen molar-refractivity contribution < 1.29 is 0 Å². The second-order valence-electron chi connectivity index (χ2n) is 4.93. The molecule has 0 amide bonds. The maximum atomic E-state index is 12.3. The first kappa shape index (κ1) is 11.4. The number of hydrogen-bond acceptors (Lipinski definition) is 3. The molecule has 1 saturated heterocycles. The predicted octanol–water partition coefficient (Wildman–Crippen LogP) is 1.40. The molecule has 1 atom stereocenters. The van der Waals surface area contributed by atoms with Gasteiger partial charge in [0, 0.05) is 6.54 Å². The highest BCUT2D eigenvalue weighted by atomic mass is 16.1. The molecule has 1 fully saturated rings. The minimum absolute atomic E-state index is 0.0752. The number of rotatable bonds is 2. The molecule has 1 N–H and O–H groups in total. The Bertz CT molecular complexity index is 599. The zero-order valence-corrected chi connectivity index (χ0v) is 10.3. The number of nitrogens with zero attached hydrogens (tertiary/aromatic N) is 2. The van der Waals surface area contributed by atoms with Crippen LogP contribution in [0.5, 0.6) is 0 Å². The first-order valence-corrected chi connectivity index (χ1v) is 6.49. The van der Waals surface area contributed by atoms with Gasteiger partial charge in [-0.15, -0.1) is 0 Å². The van der Waals surface area contributed by atoms with Crippen LogP contribution in [0.1, 0.15) is 12.8 Å². The van der Waals surface area contributed by atoms with Crippen molar-refractivity contribution in [2.24, 2.45) is 5.92 Å². The summed E-state index contributed by atoms with van der Waals surface area (Å²) in [7, 11) is 0. The van der Waals surface area contributed by atoms with E-state index in [4.69, 9.17) is 0 Å². The maximum absolute atomic E-state index is 12.3. The SMILES string of the molecule is O=c1c2ccccc2ncn1CC1CCCNC1. The van der Waals surface area contributed by atoms with Crippen LogP contribution in [0.4, 0.5) is 0 Å². The Morgan fingerprint density at radius 3 is 3.11 bits per heavy atom. The summed E-state index contributed by atoms with van der Waals surface area (Å²) in [5.74, 6) is 0.541. The van der Waals surface area contributed by atoms with E-state index in [-0.39, 0.29) is 5.56 Å². The summed E-state index contributed by atoms with van der Waals surface area (Å²) in [5, 5.41) is 4.09. The van der Waals surface area contributed by atoms with Crippen LogP contribution in [0.2, 0.25) is 0 Å². The number of nitrogens with one attached hydrogen (secondary N) is 1. The van der Waals surface area contributed by atoms with Gasteiger partial charge in [0.25, 0.3) is 5.56 Å². The lowest BCUT2D eigenvalue weighted by Crippen LogP contribution is -2.34. The lowest BCUT2D eigenvalue weighted by Gasteiger charge is -2.23. The number of benzene rings is 1. The third-order valence-corrected chi connectivity index (χ3v) is 3.59. The number of aromatic nitrogens is 2. The van der Waals surface area contributed by atoms with Gasteiger partial charge in [-0.3, -0.25) is 9.36 Å². The van der Waals surface area contributed by atoms with Crippen molar-refractivity contribution in [1.29, 1.82) is 0 Å². The first-order chi connectivity index (χ1) is 8.84. The molecule has 1 unspecified atom stereocenters. The van der Waals surface area contributed by atoms with Gasteiger partial charge in [0.15, 0.2) is 0 Å². The molecule has 3 rings (SSSR count). The predicted molar refractivity (Wildman–Crippen MR) is 71.6 cm³/mol. The van der Waals surface area contributed by atoms with Crippen LogP contribution < -0.4 is 10.9 Å². The Morgan fingerprint density at radius 1 is 1.39 bits per heavy atom. The molecule has 94 valence electrons. The topological polar surface area (TPSA) is 46.9 Å². The smallest absolute Gasteiger partial charge is 0.261 e. The van der Waals surface area contributed by atoms with Crippen molar-refractivity contribution in [2.75, 3.05) is 13.1 Å². The number of piperidine rings is 1. The summed E-state index contributed by atoms with van der Waals surface area (Å²) in [6.45, 7) is 2.87. The molecular formula is C14H17N3O. The number of hydrogen-bond donors (Lipinski definition) is 1. The molecule has 0 aliphatic carbocycles. The fraction of sp³-hybridized carbons (Fsp3) is 0.429. The average Bonchev–Trinajstić information content (AvgIpc) is 2.43. The Hall–Kier alpha value is -1.68. The van der Waals surface area contributed by atoms with E-state index in [2.05, 4.69) is 10.3 Å². The molecule has 1 aliphatic rings. The van der Waals surface area contributed by atoms with E-state index in [1.165, 1.54) is 12.8 Å². The van der Waals surface area contributed by atoms with Crippen molar-refractivity contribution in [3.05, 3.63) is 40.9 Å². The Balaban J connectivity index is 1.92. The molecule has 1 aromatic carbocycles. The average molecular weight is 243 g/mol. The lowest BCUT2D eigenvalue weighted by molar-refractivity contribution is 0.333. The highest BCUT2D eigenvalue weighted by molar-refractivity contribution is 5.76. The molecular weight excluding hydrogens is 226 g/mol. The molecule has 4 nitrogen and oxygen atoms in total. The van der Waals surface area contributed by atoms with E-state index in [0.29, 0.717) is 11.3 Å². The molecule has 0 radical (unpaired) electrons. The van der Waals surface area contributed by atoms with Crippen LogP contribution in [0.15, 0.2) is 35.4 Å². The fourth-order valence-corrected chi connectivity index (χ4v) is 2.59. The summed E-state index contributed by atoms with van der Waals surface area (Å²) in [4.78, 5) is 16.7. The van der Waals surface area contributed by atoms with Crippen LogP contribution in [-0.2, 0) is 6.54 Å². The van der Waals surface area contributed by atoms with Gasteiger partial charge in [0.1, 0.15) is 0 Å². The minimum atomic E-state index is 0.0752. The first-order valence-electron chi connectivity index (χ1n) is 6.49. The van der Waals surface area contributed by atoms with Crippen molar-refractivity contribution in [1.82, 2.24) is 14.9 Å². The van der Waals surface area contributed by atoms with Gasteiger partial charge >= 0.3 is 0 Å². The second kappa shape index (κ2) is 4.90. The molecule has 0 spiro atoms. The number of fused-ring (bicyclic) bond motifs is 1. The van der Waals surface area contributed by atoms with Crippen LogP contribution >= 0.6 is 0 Å². The van der Waals surface area contributed by atoms with Crippen LogP contribution in [0, 0.1) is 5.92 Å². The summed E-state index contributed by atoms with van der Waals surface area (Å²) in [5.41, 5.74) is 0.853. The zero-order chi connectivity index (χ0) is 12.4. The Kier molecular flexibility index (Phi) is 3.11. The molecule has 1 aliphatic heterocycles. The van der Waals surface area contributed by atoms with Gasteiger partial charge in [0.2, 0.25) is 0 Å². The molecule has 1 aromatic heterocycles. The van der Waals surface area contributed by atoms with Gasteiger partial charge in [-0.25, -0.2) is 4.98 Å². The fourth-order valence-electron chi connectivity index (χ4n) is 2.59. The summed E-state index contributed by atoms with van der Waals surface area (Å²) >= 11 is 0. The van der Waals surface area contributed by atoms with E-state index in [1.807, 2.05) is 24.3 Å². The van der Waals surface area contributed by atoms with Crippen LogP contribution in [0.25, 0.3) is 10.9 Å². The normalized spacial score (nSPS) is 20.1. The van der Waals surface area contributed by atoms with Crippen molar-refractivity contribution in [3.63, 3.8) is 0 Å².